The first-order chi connectivity index (χ1) is 10.3. The van der Waals surface area contributed by atoms with Gasteiger partial charge in [0.05, 0.1) is 11.5 Å². The maximum Gasteiger partial charge on any atom is 0.223 e. The van der Waals surface area contributed by atoms with Gasteiger partial charge in [-0.1, -0.05) is 43.7 Å². The van der Waals surface area contributed by atoms with Crippen LogP contribution in [0.1, 0.15) is 37.8 Å². The highest BCUT2D eigenvalue weighted by atomic mass is 32.2. The fourth-order valence-electron chi connectivity index (χ4n) is 2.80. The molecule has 4 nitrogen and oxygen atoms in total. The molecule has 5 heteroatoms. The topological polar surface area (TPSA) is 54.5 Å². The summed E-state index contributed by atoms with van der Waals surface area (Å²) in [5, 5.41) is 0. The van der Waals surface area contributed by atoms with Gasteiger partial charge in [-0.15, -0.1) is 0 Å². The van der Waals surface area contributed by atoms with Crippen LogP contribution in [0.4, 0.5) is 0 Å². The van der Waals surface area contributed by atoms with Crippen LogP contribution in [0.5, 0.6) is 0 Å². The largest absolute Gasteiger partial charge is 0.334 e. The zero-order chi connectivity index (χ0) is 16.3. The second kappa shape index (κ2) is 6.82. The summed E-state index contributed by atoms with van der Waals surface area (Å²) >= 11 is 0. The van der Waals surface area contributed by atoms with Crippen LogP contribution in [0.15, 0.2) is 24.3 Å². The van der Waals surface area contributed by atoms with Gasteiger partial charge >= 0.3 is 0 Å². The summed E-state index contributed by atoms with van der Waals surface area (Å²) in [5.41, 5.74) is 2.22. The molecule has 0 spiro atoms. The molecule has 1 aromatic carbocycles. The Morgan fingerprint density at radius 1 is 1.27 bits per heavy atom. The van der Waals surface area contributed by atoms with Crippen molar-refractivity contribution in [3.05, 3.63) is 35.4 Å². The fourth-order valence-corrected chi connectivity index (χ4v) is 4.53. The first kappa shape index (κ1) is 17.0. The zero-order valence-electron chi connectivity index (χ0n) is 13.6. The molecule has 0 saturated carbocycles. The first-order valence-electron chi connectivity index (χ1n) is 7.82. The lowest BCUT2D eigenvalue weighted by Crippen LogP contribution is -2.41. The summed E-state index contributed by atoms with van der Waals surface area (Å²) in [4.78, 5) is 14.3. The summed E-state index contributed by atoms with van der Waals surface area (Å²) in [7, 11) is -3.00. The Bertz CT molecular complexity index is 620. The van der Waals surface area contributed by atoms with Crippen molar-refractivity contribution in [2.24, 2.45) is 5.92 Å². The van der Waals surface area contributed by atoms with Crippen molar-refractivity contribution in [2.45, 2.75) is 46.2 Å². The van der Waals surface area contributed by atoms with Crippen molar-refractivity contribution in [3.63, 3.8) is 0 Å². The van der Waals surface area contributed by atoms with E-state index in [-0.39, 0.29) is 29.4 Å². The maximum absolute atomic E-state index is 12.6. The molecule has 0 aromatic heterocycles. The van der Waals surface area contributed by atoms with Crippen LogP contribution in [0.25, 0.3) is 0 Å². The minimum atomic E-state index is -3.00. The average molecular weight is 323 g/mol. The minimum Gasteiger partial charge on any atom is -0.334 e. The van der Waals surface area contributed by atoms with Crippen LogP contribution in [0.3, 0.4) is 0 Å². The highest BCUT2D eigenvalue weighted by Gasteiger charge is 2.34. The monoisotopic (exact) mass is 323 g/mol. The third-order valence-corrected chi connectivity index (χ3v) is 5.78. The Morgan fingerprint density at radius 2 is 1.91 bits per heavy atom. The molecule has 0 aliphatic carbocycles. The molecular weight excluding hydrogens is 298 g/mol. The Labute approximate surface area is 133 Å². The predicted octanol–water partition coefficient (Wildman–Crippen LogP) is 2.56. The van der Waals surface area contributed by atoms with Crippen LogP contribution >= 0.6 is 0 Å². The number of amides is 1. The predicted molar refractivity (Wildman–Crippen MR) is 88.2 cm³/mol. The number of carbonyl (C=O) groups excluding carboxylic acids is 1. The van der Waals surface area contributed by atoms with E-state index in [0.29, 0.717) is 19.4 Å². The van der Waals surface area contributed by atoms with E-state index < -0.39 is 9.84 Å². The number of hydrogen-bond donors (Lipinski definition) is 0. The number of nitrogens with zero attached hydrogens (tertiary/aromatic N) is 1. The summed E-state index contributed by atoms with van der Waals surface area (Å²) in [6.45, 7) is 6.53. The maximum atomic E-state index is 12.6. The second-order valence-electron chi connectivity index (χ2n) is 6.66. The fraction of sp³-hybridized carbons (Fsp3) is 0.588. The zero-order valence-corrected chi connectivity index (χ0v) is 14.4. The summed E-state index contributed by atoms with van der Waals surface area (Å²) in [6.07, 6.45) is 1.01. The van der Waals surface area contributed by atoms with Crippen LogP contribution in [0.2, 0.25) is 0 Å². The van der Waals surface area contributed by atoms with E-state index in [1.54, 1.807) is 4.90 Å². The van der Waals surface area contributed by atoms with Gasteiger partial charge in [0, 0.05) is 19.0 Å². The molecule has 1 fully saturated rings. The van der Waals surface area contributed by atoms with E-state index in [1.807, 2.05) is 45.0 Å². The van der Waals surface area contributed by atoms with Crippen LogP contribution in [0, 0.1) is 12.8 Å². The first-order valence-corrected chi connectivity index (χ1v) is 9.64. The van der Waals surface area contributed by atoms with Crippen molar-refractivity contribution in [3.8, 4) is 0 Å². The van der Waals surface area contributed by atoms with Gasteiger partial charge in [-0.05, 0) is 24.8 Å². The van der Waals surface area contributed by atoms with Gasteiger partial charge in [-0.3, -0.25) is 4.79 Å². The van der Waals surface area contributed by atoms with Gasteiger partial charge < -0.3 is 4.90 Å². The summed E-state index contributed by atoms with van der Waals surface area (Å²) < 4.78 is 23.5. The van der Waals surface area contributed by atoms with E-state index in [4.69, 9.17) is 0 Å². The lowest BCUT2D eigenvalue weighted by Gasteiger charge is -2.29. The Balaban J connectivity index is 2.17. The molecule has 1 heterocycles. The lowest BCUT2D eigenvalue weighted by molar-refractivity contribution is -0.134. The molecular formula is C17H25NO3S. The quantitative estimate of drug-likeness (QED) is 0.837. The minimum absolute atomic E-state index is 0.0534. The Morgan fingerprint density at radius 3 is 2.41 bits per heavy atom. The average Bonchev–Trinajstić information content (AvgIpc) is 2.77. The van der Waals surface area contributed by atoms with E-state index >= 15 is 0 Å². The van der Waals surface area contributed by atoms with Crippen LogP contribution in [-0.2, 0) is 21.2 Å². The standard InChI is InChI=1S/C17H25NO3S/c1-13(2)10-17(19)18(16-8-9-22(20,21)12-16)11-15-6-4-14(3)5-7-15/h4-7,13,16H,8-12H2,1-3H3. The Kier molecular flexibility index (Phi) is 5.27. The number of aryl methyl sites for hydroxylation is 1. The van der Waals surface area contributed by atoms with Crippen molar-refractivity contribution in [2.75, 3.05) is 11.5 Å². The lowest BCUT2D eigenvalue weighted by atomic mass is 10.1. The molecule has 0 N–H and O–H groups in total. The van der Waals surface area contributed by atoms with Gasteiger partial charge in [0.2, 0.25) is 5.91 Å². The molecule has 1 aliphatic rings. The second-order valence-corrected chi connectivity index (χ2v) is 8.89. The molecule has 1 aromatic rings. The Hall–Kier alpha value is -1.36. The van der Waals surface area contributed by atoms with Gasteiger partial charge in [-0.2, -0.15) is 0 Å². The van der Waals surface area contributed by atoms with Gasteiger partial charge in [-0.25, -0.2) is 8.42 Å². The highest BCUT2D eigenvalue weighted by Crippen LogP contribution is 2.22. The molecule has 1 saturated heterocycles. The van der Waals surface area contributed by atoms with Gasteiger partial charge in [0.25, 0.3) is 0 Å². The van der Waals surface area contributed by atoms with E-state index in [0.717, 1.165) is 5.56 Å². The molecule has 0 radical (unpaired) electrons. The molecule has 1 atom stereocenters. The normalized spacial score (nSPS) is 20.3. The molecule has 2 rings (SSSR count). The van der Waals surface area contributed by atoms with Crippen molar-refractivity contribution >= 4 is 15.7 Å². The number of sulfone groups is 1. The van der Waals surface area contributed by atoms with E-state index in [2.05, 4.69) is 0 Å². The van der Waals surface area contributed by atoms with Crippen LogP contribution < -0.4 is 0 Å². The number of carbonyl (C=O) groups is 1. The molecule has 22 heavy (non-hydrogen) atoms. The highest BCUT2D eigenvalue weighted by molar-refractivity contribution is 7.91. The summed E-state index contributed by atoms with van der Waals surface area (Å²) in [6, 6.07) is 7.87. The van der Waals surface area contributed by atoms with Gasteiger partial charge in [0.15, 0.2) is 9.84 Å². The molecule has 122 valence electrons. The number of hydrogen-bond acceptors (Lipinski definition) is 3. The van der Waals surface area contributed by atoms with Crippen molar-refractivity contribution < 1.29 is 13.2 Å². The molecule has 1 aliphatic heterocycles. The van der Waals surface area contributed by atoms with E-state index in [1.165, 1.54) is 5.56 Å². The van der Waals surface area contributed by atoms with Crippen molar-refractivity contribution in [1.82, 2.24) is 4.90 Å². The third kappa shape index (κ3) is 4.57. The summed E-state index contributed by atoms with van der Waals surface area (Å²) in [5.74, 6) is 0.614. The SMILES string of the molecule is Cc1ccc(CN(C(=O)CC(C)C)C2CCS(=O)(=O)C2)cc1. The molecule has 1 amide bonds. The number of rotatable bonds is 5. The molecule has 0 bridgehead atoms. The third-order valence-electron chi connectivity index (χ3n) is 4.03. The van der Waals surface area contributed by atoms with Crippen molar-refractivity contribution in [1.29, 1.82) is 0 Å². The molecule has 1 unspecified atom stereocenters. The van der Waals surface area contributed by atoms with Gasteiger partial charge in [0.1, 0.15) is 0 Å². The van der Waals surface area contributed by atoms with Crippen LogP contribution in [-0.4, -0.2) is 36.8 Å². The smallest absolute Gasteiger partial charge is 0.223 e. The van der Waals surface area contributed by atoms with E-state index in [9.17, 15) is 13.2 Å². The number of benzene rings is 1.